The average molecular weight is 432 g/mol. The molecule has 2 aliphatic rings. The van der Waals surface area contributed by atoms with Gasteiger partial charge in [-0.1, -0.05) is 50.2 Å². The summed E-state index contributed by atoms with van der Waals surface area (Å²) in [5.74, 6) is 0.941. The van der Waals surface area contributed by atoms with Gasteiger partial charge in [-0.2, -0.15) is 0 Å². The number of aromatic nitrogens is 1. The Morgan fingerprint density at radius 1 is 1.12 bits per heavy atom. The maximum Gasteiger partial charge on any atom is 0.254 e. The van der Waals surface area contributed by atoms with Crippen LogP contribution in [0.15, 0.2) is 48.5 Å². The molecule has 0 saturated carbocycles. The Balaban J connectivity index is 1.76. The van der Waals surface area contributed by atoms with Gasteiger partial charge in [-0.25, -0.2) is 0 Å². The number of hydrogen-bond donors (Lipinski definition) is 1. The number of nitrogens with zero attached hydrogens (tertiary/aromatic N) is 2. The third-order valence-corrected chi connectivity index (χ3v) is 6.92. The van der Waals surface area contributed by atoms with Crippen LogP contribution in [-0.4, -0.2) is 53.3 Å². The largest absolute Gasteiger partial charge is 0.496 e. The Hall–Kier alpha value is -3.28. The van der Waals surface area contributed by atoms with Crippen molar-refractivity contribution >= 4 is 22.7 Å². The second kappa shape index (κ2) is 7.40. The van der Waals surface area contributed by atoms with E-state index in [-0.39, 0.29) is 30.2 Å². The van der Waals surface area contributed by atoms with Crippen molar-refractivity contribution in [1.82, 2.24) is 14.8 Å². The number of benzene rings is 2. The number of carbonyl (C=O) groups is 2. The lowest BCUT2D eigenvalue weighted by Crippen LogP contribution is -2.67. The molecule has 6 heteroatoms. The fourth-order valence-corrected chi connectivity index (χ4v) is 5.50. The molecule has 1 unspecified atom stereocenters. The van der Waals surface area contributed by atoms with E-state index >= 15 is 0 Å². The van der Waals surface area contributed by atoms with E-state index in [1.807, 2.05) is 43.3 Å². The number of fused-ring (bicyclic) bond motifs is 5. The molecule has 2 aliphatic heterocycles. The van der Waals surface area contributed by atoms with Gasteiger partial charge >= 0.3 is 0 Å². The second-order valence-electron chi connectivity index (χ2n) is 9.41. The van der Waals surface area contributed by atoms with Crippen LogP contribution in [0.25, 0.3) is 10.9 Å². The lowest BCUT2D eigenvalue weighted by atomic mass is 9.76. The first-order valence-corrected chi connectivity index (χ1v) is 11.2. The summed E-state index contributed by atoms with van der Waals surface area (Å²) in [5, 5.41) is 1.08. The number of H-pyrrole nitrogens is 1. The van der Waals surface area contributed by atoms with Crippen molar-refractivity contribution in [3.05, 3.63) is 65.4 Å². The lowest BCUT2D eigenvalue weighted by molar-refractivity contribution is -0.166. The van der Waals surface area contributed by atoms with E-state index < -0.39 is 5.54 Å². The molecule has 1 aromatic heterocycles. The summed E-state index contributed by atoms with van der Waals surface area (Å²) in [7, 11) is 1.67. The van der Waals surface area contributed by atoms with E-state index in [9.17, 15) is 9.59 Å². The first-order valence-electron chi connectivity index (χ1n) is 11.2. The molecule has 166 valence electrons. The summed E-state index contributed by atoms with van der Waals surface area (Å²) in [6.45, 7) is 7.16. The van der Waals surface area contributed by atoms with Gasteiger partial charge in [0, 0.05) is 35.5 Å². The zero-order valence-electron chi connectivity index (χ0n) is 19.0. The summed E-state index contributed by atoms with van der Waals surface area (Å²) in [6, 6.07) is 16.1. The van der Waals surface area contributed by atoms with Crippen LogP contribution in [0.1, 0.15) is 43.5 Å². The Kier molecular flexibility index (Phi) is 4.77. The van der Waals surface area contributed by atoms with Gasteiger partial charge in [-0.15, -0.1) is 0 Å². The summed E-state index contributed by atoms with van der Waals surface area (Å²) in [6.07, 6.45) is 0. The molecule has 2 aromatic carbocycles. The standard InChI is InChI=1S/C26H29N3O3/c1-16(2)13-28-15-22(30)29-14-19(17-9-6-8-12-21(17)32-4)23-18-10-5-7-11-20(18)27-24(23)26(29,3)25(28)31/h5-12,16,19,27H,13-15H2,1-4H3/t19?,26-/m0/s1. The second-order valence-corrected chi connectivity index (χ2v) is 9.41. The molecular weight excluding hydrogens is 402 g/mol. The number of aromatic amines is 1. The molecule has 3 heterocycles. The maximum atomic E-state index is 13.9. The van der Waals surface area contributed by atoms with Crippen molar-refractivity contribution in [1.29, 1.82) is 0 Å². The normalized spacial score (nSPS) is 23.0. The molecular formula is C26H29N3O3. The molecule has 1 saturated heterocycles. The first kappa shape index (κ1) is 20.6. The number of nitrogens with one attached hydrogen (secondary N) is 1. The zero-order chi connectivity index (χ0) is 22.6. The highest BCUT2D eigenvalue weighted by molar-refractivity contribution is 6.01. The molecule has 0 radical (unpaired) electrons. The molecule has 0 bridgehead atoms. The predicted octanol–water partition coefficient (Wildman–Crippen LogP) is 3.86. The number of carbonyl (C=O) groups excluding carboxylic acids is 2. The minimum atomic E-state index is -1.06. The van der Waals surface area contributed by atoms with Crippen LogP contribution in [0.5, 0.6) is 5.75 Å². The molecule has 6 nitrogen and oxygen atoms in total. The lowest BCUT2D eigenvalue weighted by Gasteiger charge is -2.51. The molecule has 1 N–H and O–H groups in total. The average Bonchev–Trinajstić information content (AvgIpc) is 3.18. The van der Waals surface area contributed by atoms with Crippen LogP contribution >= 0.6 is 0 Å². The topological polar surface area (TPSA) is 65.6 Å². The van der Waals surface area contributed by atoms with E-state index in [2.05, 4.69) is 31.0 Å². The van der Waals surface area contributed by atoms with Gasteiger partial charge in [0.15, 0.2) is 5.54 Å². The van der Waals surface area contributed by atoms with Crippen LogP contribution in [-0.2, 0) is 15.1 Å². The number of ether oxygens (including phenoxy) is 1. The Morgan fingerprint density at radius 3 is 2.59 bits per heavy atom. The van der Waals surface area contributed by atoms with Gasteiger partial charge in [-0.3, -0.25) is 9.59 Å². The Bertz CT molecular complexity index is 1210. The maximum absolute atomic E-state index is 13.9. The van der Waals surface area contributed by atoms with Crippen LogP contribution in [0, 0.1) is 5.92 Å². The number of para-hydroxylation sites is 2. The van der Waals surface area contributed by atoms with Gasteiger partial charge < -0.3 is 19.5 Å². The van der Waals surface area contributed by atoms with Crippen molar-refractivity contribution in [2.75, 3.05) is 26.7 Å². The van der Waals surface area contributed by atoms with Crippen LogP contribution in [0.4, 0.5) is 0 Å². The molecule has 5 rings (SSSR count). The van der Waals surface area contributed by atoms with Crippen molar-refractivity contribution in [3.8, 4) is 5.75 Å². The minimum absolute atomic E-state index is 0.0166. The fourth-order valence-electron chi connectivity index (χ4n) is 5.50. The van der Waals surface area contributed by atoms with Gasteiger partial charge in [0.05, 0.1) is 19.3 Å². The number of methoxy groups -OCH3 is 1. The monoisotopic (exact) mass is 431 g/mol. The zero-order valence-corrected chi connectivity index (χ0v) is 19.0. The Morgan fingerprint density at radius 2 is 1.84 bits per heavy atom. The number of amides is 2. The summed E-state index contributed by atoms with van der Waals surface area (Å²) in [4.78, 5) is 34.3. The molecule has 32 heavy (non-hydrogen) atoms. The van der Waals surface area contributed by atoms with Crippen molar-refractivity contribution < 1.29 is 14.3 Å². The van der Waals surface area contributed by atoms with E-state index in [0.29, 0.717) is 13.1 Å². The highest BCUT2D eigenvalue weighted by atomic mass is 16.5. The van der Waals surface area contributed by atoms with Crippen molar-refractivity contribution in [2.24, 2.45) is 5.92 Å². The van der Waals surface area contributed by atoms with E-state index in [1.54, 1.807) is 16.9 Å². The third-order valence-electron chi connectivity index (χ3n) is 6.92. The van der Waals surface area contributed by atoms with Gasteiger partial charge in [-0.05, 0) is 30.5 Å². The number of hydrogen-bond acceptors (Lipinski definition) is 3. The first-order chi connectivity index (χ1) is 15.4. The minimum Gasteiger partial charge on any atom is -0.496 e. The van der Waals surface area contributed by atoms with Crippen LogP contribution in [0.3, 0.4) is 0 Å². The van der Waals surface area contributed by atoms with Gasteiger partial charge in [0.2, 0.25) is 5.91 Å². The molecule has 0 spiro atoms. The highest BCUT2D eigenvalue weighted by Gasteiger charge is 2.56. The fraction of sp³-hybridized carbons (Fsp3) is 0.385. The molecule has 2 amide bonds. The molecule has 2 atom stereocenters. The summed E-state index contributed by atoms with van der Waals surface area (Å²) in [5.41, 5.74) is 2.83. The summed E-state index contributed by atoms with van der Waals surface area (Å²) < 4.78 is 5.68. The number of piperazine rings is 1. The quantitative estimate of drug-likeness (QED) is 0.682. The smallest absolute Gasteiger partial charge is 0.254 e. The van der Waals surface area contributed by atoms with Crippen molar-refractivity contribution in [3.63, 3.8) is 0 Å². The Labute approximate surface area is 188 Å². The van der Waals surface area contributed by atoms with E-state index in [4.69, 9.17) is 4.74 Å². The number of rotatable bonds is 4. The highest BCUT2D eigenvalue weighted by Crippen LogP contribution is 2.49. The van der Waals surface area contributed by atoms with Crippen molar-refractivity contribution in [2.45, 2.75) is 32.2 Å². The predicted molar refractivity (Wildman–Crippen MR) is 124 cm³/mol. The van der Waals surface area contributed by atoms with Crippen LogP contribution < -0.4 is 4.74 Å². The molecule has 0 aliphatic carbocycles. The summed E-state index contributed by atoms with van der Waals surface area (Å²) >= 11 is 0. The van der Waals surface area contributed by atoms with Gasteiger partial charge in [0.25, 0.3) is 5.91 Å². The molecule has 1 fully saturated rings. The third kappa shape index (κ3) is 2.85. The SMILES string of the molecule is COc1ccccc1C1CN2C(=O)CN(CC(C)C)C(=O)[C@]2(C)c2[nH]c3ccccc3c21. The van der Waals surface area contributed by atoms with E-state index in [0.717, 1.165) is 33.5 Å². The van der Waals surface area contributed by atoms with Crippen LogP contribution in [0.2, 0.25) is 0 Å². The molecule has 3 aromatic rings. The van der Waals surface area contributed by atoms with Gasteiger partial charge in [0.1, 0.15) is 5.75 Å². The van der Waals surface area contributed by atoms with E-state index in [1.165, 1.54) is 0 Å².